The standard InChI is InChI=1S/C22H32N6O2S2/c1-3-27-11-13-28(14-12-27)10-4-9-23-19(29)15-31-16-20-25-26-22(32-20)21(30)24-18-7-5-17(2)6-8-18/h5-8H,3-4,9-16H2,1-2H3,(H,23,29)(H,24,30). The van der Waals surface area contributed by atoms with Crippen LogP contribution < -0.4 is 10.6 Å². The zero-order chi connectivity index (χ0) is 22.8. The van der Waals surface area contributed by atoms with Crippen molar-refractivity contribution in [3.8, 4) is 0 Å². The average Bonchev–Trinajstić information content (AvgIpc) is 3.28. The highest BCUT2D eigenvalue weighted by Crippen LogP contribution is 2.18. The molecule has 3 rings (SSSR count). The van der Waals surface area contributed by atoms with E-state index in [4.69, 9.17) is 0 Å². The number of hydrogen-bond donors (Lipinski definition) is 2. The van der Waals surface area contributed by atoms with E-state index in [2.05, 4.69) is 37.6 Å². The Morgan fingerprint density at radius 3 is 2.53 bits per heavy atom. The molecule has 0 spiro atoms. The largest absolute Gasteiger partial charge is 0.355 e. The Hall–Kier alpha value is -2.01. The van der Waals surface area contributed by atoms with Crippen LogP contribution in [0.1, 0.15) is 33.7 Å². The minimum absolute atomic E-state index is 0.0349. The second-order valence-electron chi connectivity index (χ2n) is 7.79. The molecule has 1 fully saturated rings. The van der Waals surface area contributed by atoms with Gasteiger partial charge in [-0.3, -0.25) is 9.59 Å². The number of piperazine rings is 1. The topological polar surface area (TPSA) is 90.5 Å². The first-order valence-electron chi connectivity index (χ1n) is 11.0. The first-order valence-corrected chi connectivity index (χ1v) is 13.0. The monoisotopic (exact) mass is 476 g/mol. The highest BCUT2D eigenvalue weighted by molar-refractivity contribution is 7.99. The van der Waals surface area contributed by atoms with Crippen molar-refractivity contribution >= 4 is 40.6 Å². The number of thioether (sulfide) groups is 1. The maximum absolute atomic E-state index is 12.3. The molecule has 2 N–H and O–H groups in total. The van der Waals surface area contributed by atoms with Gasteiger partial charge in [-0.2, -0.15) is 0 Å². The van der Waals surface area contributed by atoms with Gasteiger partial charge in [0.25, 0.3) is 5.91 Å². The van der Waals surface area contributed by atoms with Gasteiger partial charge in [-0.1, -0.05) is 36.0 Å². The number of hydrogen-bond acceptors (Lipinski definition) is 8. The summed E-state index contributed by atoms with van der Waals surface area (Å²) < 4.78 is 0. The van der Waals surface area contributed by atoms with E-state index in [1.54, 1.807) is 0 Å². The summed E-state index contributed by atoms with van der Waals surface area (Å²) in [6.45, 7) is 11.6. The minimum Gasteiger partial charge on any atom is -0.355 e. The maximum atomic E-state index is 12.3. The molecule has 2 amide bonds. The fourth-order valence-electron chi connectivity index (χ4n) is 3.37. The van der Waals surface area contributed by atoms with E-state index in [-0.39, 0.29) is 11.8 Å². The van der Waals surface area contributed by atoms with Crippen molar-refractivity contribution in [1.82, 2.24) is 25.3 Å². The number of benzene rings is 1. The van der Waals surface area contributed by atoms with E-state index < -0.39 is 0 Å². The lowest BCUT2D eigenvalue weighted by Gasteiger charge is -2.33. The number of nitrogens with one attached hydrogen (secondary N) is 2. The smallest absolute Gasteiger partial charge is 0.286 e. The summed E-state index contributed by atoms with van der Waals surface area (Å²) in [5.74, 6) is 0.702. The Balaban J connectivity index is 1.27. The SMILES string of the molecule is CCN1CCN(CCCNC(=O)CSCc2nnc(C(=O)Nc3ccc(C)cc3)s2)CC1. The molecule has 1 saturated heterocycles. The summed E-state index contributed by atoms with van der Waals surface area (Å²) >= 11 is 2.74. The second-order valence-corrected chi connectivity index (χ2v) is 9.84. The van der Waals surface area contributed by atoms with Gasteiger partial charge < -0.3 is 20.4 Å². The van der Waals surface area contributed by atoms with E-state index in [1.165, 1.54) is 23.1 Å². The molecule has 0 bridgehead atoms. The van der Waals surface area contributed by atoms with Crippen molar-refractivity contribution in [2.75, 3.05) is 56.9 Å². The van der Waals surface area contributed by atoms with Crippen LogP contribution in [0.3, 0.4) is 0 Å². The number of amides is 2. The number of anilines is 1. The van der Waals surface area contributed by atoms with Gasteiger partial charge in [0.05, 0.1) is 5.75 Å². The number of nitrogens with zero attached hydrogens (tertiary/aromatic N) is 4. The van der Waals surface area contributed by atoms with Crippen molar-refractivity contribution < 1.29 is 9.59 Å². The zero-order valence-electron chi connectivity index (χ0n) is 18.8. The summed E-state index contributed by atoms with van der Waals surface area (Å²) in [7, 11) is 0. The van der Waals surface area contributed by atoms with Gasteiger partial charge in [-0.15, -0.1) is 22.0 Å². The number of likely N-dealkylation sites (N-methyl/N-ethyl adjacent to an activating group) is 1. The van der Waals surface area contributed by atoms with Gasteiger partial charge >= 0.3 is 0 Å². The molecule has 0 atom stereocenters. The molecule has 32 heavy (non-hydrogen) atoms. The summed E-state index contributed by atoms with van der Waals surface area (Å²) in [5.41, 5.74) is 1.86. The van der Waals surface area contributed by atoms with E-state index in [9.17, 15) is 9.59 Å². The number of carbonyl (C=O) groups is 2. The number of aromatic nitrogens is 2. The van der Waals surface area contributed by atoms with Crippen molar-refractivity contribution in [2.45, 2.75) is 26.0 Å². The molecule has 1 aliphatic heterocycles. The van der Waals surface area contributed by atoms with Crippen LogP contribution in [0.15, 0.2) is 24.3 Å². The van der Waals surface area contributed by atoms with Gasteiger partial charge in [0, 0.05) is 44.2 Å². The van der Waals surface area contributed by atoms with E-state index in [0.717, 1.165) is 61.9 Å². The Bertz CT molecular complexity index is 866. The Labute approximate surface area is 198 Å². The first-order chi connectivity index (χ1) is 15.5. The molecule has 10 heteroatoms. The minimum atomic E-state index is -0.267. The van der Waals surface area contributed by atoms with Crippen LogP contribution in [0.2, 0.25) is 0 Å². The molecule has 2 heterocycles. The lowest BCUT2D eigenvalue weighted by molar-refractivity contribution is -0.118. The molecule has 1 aromatic carbocycles. The molecule has 0 saturated carbocycles. The lowest BCUT2D eigenvalue weighted by atomic mass is 10.2. The first kappa shape index (κ1) is 24.6. The van der Waals surface area contributed by atoms with Crippen LogP contribution in [0.25, 0.3) is 0 Å². The zero-order valence-corrected chi connectivity index (χ0v) is 20.4. The third kappa shape index (κ3) is 8.16. The van der Waals surface area contributed by atoms with Gasteiger partial charge in [0.15, 0.2) is 0 Å². The van der Waals surface area contributed by atoms with Crippen molar-refractivity contribution in [2.24, 2.45) is 0 Å². The van der Waals surface area contributed by atoms with Crippen LogP contribution in [0.5, 0.6) is 0 Å². The highest BCUT2D eigenvalue weighted by atomic mass is 32.2. The molecular weight excluding hydrogens is 444 g/mol. The predicted molar refractivity (Wildman–Crippen MR) is 131 cm³/mol. The highest BCUT2D eigenvalue weighted by Gasteiger charge is 2.15. The van der Waals surface area contributed by atoms with Crippen LogP contribution in [0, 0.1) is 6.92 Å². The molecule has 0 radical (unpaired) electrons. The Morgan fingerprint density at radius 2 is 1.81 bits per heavy atom. The molecule has 2 aromatic rings. The van der Waals surface area contributed by atoms with E-state index in [1.807, 2.05) is 31.2 Å². The molecule has 174 valence electrons. The molecule has 0 unspecified atom stereocenters. The number of aryl methyl sites for hydroxylation is 1. The maximum Gasteiger partial charge on any atom is 0.286 e. The fourth-order valence-corrected chi connectivity index (χ4v) is 5.00. The van der Waals surface area contributed by atoms with E-state index in [0.29, 0.717) is 23.1 Å². The van der Waals surface area contributed by atoms with Crippen molar-refractivity contribution in [1.29, 1.82) is 0 Å². The summed E-state index contributed by atoms with van der Waals surface area (Å²) in [6, 6.07) is 7.60. The number of carbonyl (C=O) groups excluding carboxylic acids is 2. The third-order valence-corrected chi connectivity index (χ3v) is 7.36. The molecular formula is C22H32N6O2S2. The predicted octanol–water partition coefficient (Wildman–Crippen LogP) is 2.48. The summed E-state index contributed by atoms with van der Waals surface area (Å²) in [4.78, 5) is 29.3. The molecule has 1 aromatic heterocycles. The third-order valence-electron chi connectivity index (χ3n) is 5.31. The summed E-state index contributed by atoms with van der Waals surface area (Å²) in [5, 5.41) is 14.9. The molecule has 1 aliphatic rings. The Kier molecular flexibility index (Phi) is 9.91. The van der Waals surface area contributed by atoms with Crippen LogP contribution >= 0.6 is 23.1 Å². The van der Waals surface area contributed by atoms with Crippen LogP contribution in [-0.4, -0.2) is 83.4 Å². The average molecular weight is 477 g/mol. The molecule has 0 aliphatic carbocycles. The van der Waals surface area contributed by atoms with Gasteiger partial charge in [0.2, 0.25) is 10.9 Å². The molecule has 8 nitrogen and oxygen atoms in total. The van der Waals surface area contributed by atoms with Gasteiger partial charge in [-0.25, -0.2) is 0 Å². The second kappa shape index (κ2) is 12.9. The fraction of sp³-hybridized carbons (Fsp3) is 0.545. The van der Waals surface area contributed by atoms with Crippen molar-refractivity contribution in [3.63, 3.8) is 0 Å². The Morgan fingerprint density at radius 1 is 1.09 bits per heavy atom. The quantitative estimate of drug-likeness (QED) is 0.482. The van der Waals surface area contributed by atoms with E-state index >= 15 is 0 Å². The summed E-state index contributed by atoms with van der Waals surface area (Å²) in [6.07, 6.45) is 0.971. The van der Waals surface area contributed by atoms with Gasteiger partial charge in [0.1, 0.15) is 5.01 Å². The van der Waals surface area contributed by atoms with Crippen molar-refractivity contribution in [3.05, 3.63) is 39.8 Å². The van der Waals surface area contributed by atoms with Gasteiger partial charge in [-0.05, 0) is 38.6 Å². The normalized spacial score (nSPS) is 14.9. The lowest BCUT2D eigenvalue weighted by Crippen LogP contribution is -2.46. The van der Waals surface area contributed by atoms with Crippen LogP contribution in [-0.2, 0) is 10.5 Å². The van der Waals surface area contributed by atoms with Crippen LogP contribution in [0.4, 0.5) is 5.69 Å². The number of rotatable bonds is 11.